The molecule has 0 spiro atoms. The van der Waals surface area contributed by atoms with E-state index in [9.17, 15) is 13.6 Å². The van der Waals surface area contributed by atoms with Crippen molar-refractivity contribution in [1.82, 2.24) is 0 Å². The van der Waals surface area contributed by atoms with Gasteiger partial charge < -0.3 is 14.6 Å². The van der Waals surface area contributed by atoms with Crippen LogP contribution in [0.15, 0.2) is 18.2 Å². The molecule has 0 aromatic heterocycles. The Morgan fingerprint density at radius 1 is 1.33 bits per heavy atom. The third-order valence-corrected chi connectivity index (χ3v) is 1.66. The molecule has 1 N–H and O–H groups in total. The summed E-state index contributed by atoms with van der Waals surface area (Å²) in [6.07, 6.45) is -3.78. The molecule has 0 unspecified atom stereocenters. The van der Waals surface area contributed by atoms with Crippen LogP contribution in [0.1, 0.15) is 10.4 Å². The molecule has 0 aliphatic carbocycles. The number of fused-ring (bicyclic) bond motifs is 1. The second-order valence-corrected chi connectivity index (χ2v) is 2.61. The number of ether oxygens (including phenoxy) is 2. The number of hydrogen-bond donors (Lipinski definition) is 1. The Kier molecular flexibility index (Phi) is 2.72. The lowest BCUT2D eigenvalue weighted by Gasteiger charge is -2.04. The van der Waals surface area contributed by atoms with E-state index in [1.165, 1.54) is 12.1 Å². The molecule has 0 fully saturated rings. The Labute approximate surface area is 88.8 Å². The minimum absolute atomic E-state index is 0. The Morgan fingerprint density at radius 2 is 2.00 bits per heavy atom. The lowest BCUT2D eigenvalue weighted by atomic mass is 10.2. The molecule has 1 aliphatic heterocycles. The van der Waals surface area contributed by atoms with E-state index in [2.05, 4.69) is 9.47 Å². The van der Waals surface area contributed by atoms with E-state index in [1.807, 2.05) is 0 Å². The minimum Gasteiger partial charge on any atom is -0.478 e. The Morgan fingerprint density at radius 3 is 2.60 bits per heavy atom. The number of alkyl halides is 2. The zero-order valence-corrected chi connectivity index (χ0v) is 7.88. The number of rotatable bonds is 1. The van der Waals surface area contributed by atoms with Crippen molar-refractivity contribution in [1.29, 1.82) is 0 Å². The average molecular weight is 239 g/mol. The van der Waals surface area contributed by atoms with E-state index in [0.29, 0.717) is 0 Å². The fourth-order valence-corrected chi connectivity index (χ4v) is 1.14. The van der Waals surface area contributed by atoms with E-state index in [1.54, 1.807) is 0 Å². The molecule has 1 aromatic carbocycles. The van der Waals surface area contributed by atoms with Gasteiger partial charge in [0.2, 0.25) is 0 Å². The third-order valence-electron chi connectivity index (χ3n) is 1.66. The fraction of sp³-hybridized carbons (Fsp3) is 0.125. The monoisotopic (exact) mass is 238 g/mol. The molecule has 0 amide bonds. The molecule has 0 saturated heterocycles. The predicted octanol–water partition coefficient (Wildman–Crippen LogP) is 2.13. The largest absolute Gasteiger partial charge is 0.586 e. The molecule has 1 heterocycles. The molecule has 82 valence electrons. The molecule has 15 heavy (non-hydrogen) atoms. The van der Waals surface area contributed by atoms with E-state index >= 15 is 0 Å². The summed E-state index contributed by atoms with van der Waals surface area (Å²) in [6.45, 7) is 0. The lowest BCUT2D eigenvalue weighted by molar-refractivity contribution is -0.286. The van der Waals surface area contributed by atoms with Crippen molar-refractivity contribution in [2.45, 2.75) is 6.29 Å². The van der Waals surface area contributed by atoms with Crippen LogP contribution in [0.2, 0.25) is 0 Å². The maximum Gasteiger partial charge on any atom is 0.586 e. The molecule has 4 nitrogen and oxygen atoms in total. The predicted molar refractivity (Wildman–Crippen MR) is 46.9 cm³/mol. The second-order valence-electron chi connectivity index (χ2n) is 2.61. The topological polar surface area (TPSA) is 55.8 Å². The number of hydrogen-bond acceptors (Lipinski definition) is 3. The Hall–Kier alpha value is -1.56. The molecule has 0 atom stereocenters. The van der Waals surface area contributed by atoms with Gasteiger partial charge in [0.25, 0.3) is 0 Å². The summed E-state index contributed by atoms with van der Waals surface area (Å²) in [5.74, 6) is -2.05. The Balaban J connectivity index is 0.00000112. The van der Waals surface area contributed by atoms with Gasteiger partial charge in [-0.3, -0.25) is 0 Å². The average Bonchev–Trinajstić information content (AvgIpc) is 2.36. The van der Waals surface area contributed by atoms with Crippen LogP contribution in [0, 0.1) is 0 Å². The molecular formula is C8H5ClF2O4. The number of carboxylic acids is 1. The van der Waals surface area contributed by atoms with Crippen molar-refractivity contribution in [2.75, 3.05) is 0 Å². The second kappa shape index (κ2) is 3.54. The van der Waals surface area contributed by atoms with Crippen molar-refractivity contribution in [3.63, 3.8) is 0 Å². The van der Waals surface area contributed by atoms with Crippen molar-refractivity contribution in [3.05, 3.63) is 23.8 Å². The molecule has 7 heteroatoms. The number of para-hydroxylation sites is 1. The van der Waals surface area contributed by atoms with Crippen molar-refractivity contribution < 1.29 is 28.2 Å². The highest BCUT2D eigenvalue weighted by atomic mass is 35.5. The maximum atomic E-state index is 12.5. The summed E-state index contributed by atoms with van der Waals surface area (Å²) < 4.78 is 33.2. The van der Waals surface area contributed by atoms with Gasteiger partial charge in [-0.05, 0) is 12.1 Å². The zero-order valence-electron chi connectivity index (χ0n) is 7.07. The van der Waals surface area contributed by atoms with Gasteiger partial charge in [0, 0.05) is 0 Å². The van der Waals surface area contributed by atoms with Gasteiger partial charge in [-0.1, -0.05) is 6.07 Å². The maximum absolute atomic E-state index is 12.5. The molecule has 0 bridgehead atoms. The minimum atomic E-state index is -3.78. The number of aromatic carboxylic acids is 1. The van der Waals surface area contributed by atoms with Crippen LogP contribution in [0.25, 0.3) is 0 Å². The van der Waals surface area contributed by atoms with Gasteiger partial charge in [-0.2, -0.15) is 0 Å². The molecule has 0 saturated carbocycles. The van der Waals surface area contributed by atoms with Crippen LogP contribution >= 0.6 is 12.4 Å². The molecule has 0 radical (unpaired) electrons. The summed E-state index contributed by atoms with van der Waals surface area (Å²) in [7, 11) is 0. The van der Waals surface area contributed by atoms with Crippen LogP contribution in [-0.2, 0) is 0 Å². The molecule has 1 aromatic rings. The molecule has 1 aliphatic rings. The highest BCUT2D eigenvalue weighted by Crippen LogP contribution is 2.42. The molecular weight excluding hydrogens is 234 g/mol. The van der Waals surface area contributed by atoms with Crippen LogP contribution < -0.4 is 9.47 Å². The van der Waals surface area contributed by atoms with Gasteiger partial charge in [-0.25, -0.2) is 4.79 Å². The number of carbonyl (C=O) groups is 1. The normalized spacial score (nSPS) is 15.6. The number of carboxylic acid groups (broad SMARTS) is 1. The SMILES string of the molecule is Cl.O=C(O)c1cccc2c1OC(F)(F)O2. The smallest absolute Gasteiger partial charge is 0.478 e. The summed E-state index contributed by atoms with van der Waals surface area (Å²) in [4.78, 5) is 10.6. The first-order valence-electron chi connectivity index (χ1n) is 3.62. The fourth-order valence-electron chi connectivity index (χ4n) is 1.14. The third kappa shape index (κ3) is 1.94. The summed E-state index contributed by atoms with van der Waals surface area (Å²) in [5, 5.41) is 8.64. The summed E-state index contributed by atoms with van der Waals surface area (Å²) >= 11 is 0. The number of benzene rings is 1. The van der Waals surface area contributed by atoms with Gasteiger partial charge >= 0.3 is 12.3 Å². The highest BCUT2D eigenvalue weighted by Gasteiger charge is 2.45. The Bertz CT molecular complexity index is 408. The highest BCUT2D eigenvalue weighted by molar-refractivity contribution is 5.92. The van der Waals surface area contributed by atoms with Gasteiger partial charge in [0.1, 0.15) is 5.56 Å². The van der Waals surface area contributed by atoms with Gasteiger partial charge in [-0.15, -0.1) is 21.2 Å². The van der Waals surface area contributed by atoms with E-state index < -0.39 is 18.0 Å². The first kappa shape index (κ1) is 11.5. The van der Waals surface area contributed by atoms with E-state index in [4.69, 9.17) is 5.11 Å². The van der Waals surface area contributed by atoms with Crippen LogP contribution in [0.3, 0.4) is 0 Å². The summed E-state index contributed by atoms with van der Waals surface area (Å²) in [6, 6.07) is 3.67. The first-order chi connectivity index (χ1) is 6.49. The number of halogens is 3. The van der Waals surface area contributed by atoms with Gasteiger partial charge in [0.05, 0.1) is 0 Å². The summed E-state index contributed by atoms with van der Waals surface area (Å²) in [5.41, 5.74) is -0.348. The first-order valence-corrected chi connectivity index (χ1v) is 3.62. The van der Waals surface area contributed by atoms with E-state index in [-0.39, 0.29) is 23.7 Å². The van der Waals surface area contributed by atoms with Crippen molar-refractivity contribution in [3.8, 4) is 11.5 Å². The van der Waals surface area contributed by atoms with Crippen LogP contribution in [-0.4, -0.2) is 17.4 Å². The van der Waals surface area contributed by atoms with Crippen LogP contribution in [0.4, 0.5) is 8.78 Å². The zero-order chi connectivity index (χ0) is 10.3. The van der Waals surface area contributed by atoms with Gasteiger partial charge in [0.15, 0.2) is 11.5 Å². The van der Waals surface area contributed by atoms with Crippen molar-refractivity contribution in [2.24, 2.45) is 0 Å². The molecule has 2 rings (SSSR count). The van der Waals surface area contributed by atoms with E-state index in [0.717, 1.165) is 6.07 Å². The lowest BCUT2D eigenvalue weighted by Crippen LogP contribution is -2.26. The quantitative estimate of drug-likeness (QED) is 0.814. The standard InChI is InChI=1S/C8H4F2O4.ClH/c9-8(10)13-5-3-1-2-4(7(11)12)6(5)14-8;/h1-3H,(H,11,12);1H. The van der Waals surface area contributed by atoms with Crippen LogP contribution in [0.5, 0.6) is 11.5 Å². The van der Waals surface area contributed by atoms with Crippen molar-refractivity contribution >= 4 is 18.4 Å².